The maximum atomic E-state index is 10.7. The van der Waals surface area contributed by atoms with E-state index in [0.29, 0.717) is 6.04 Å². The van der Waals surface area contributed by atoms with Gasteiger partial charge in [0.25, 0.3) is 0 Å². The molecule has 1 aromatic carbocycles. The Labute approximate surface area is 121 Å². The average Bonchev–Trinajstić information content (AvgIpc) is 2.49. The van der Waals surface area contributed by atoms with Gasteiger partial charge in [0.05, 0.1) is 0 Å². The number of hydrogen-bond acceptors (Lipinski definition) is 4. The van der Waals surface area contributed by atoms with Crippen molar-refractivity contribution >= 4 is 12.0 Å². The number of ether oxygens (including phenoxy) is 1. The number of carbonyl (C=O) groups excluding carboxylic acids is 1. The fourth-order valence-corrected chi connectivity index (χ4v) is 2.74. The van der Waals surface area contributed by atoms with Crippen molar-refractivity contribution in [1.82, 2.24) is 4.90 Å². The molecule has 1 aliphatic rings. The lowest BCUT2D eigenvalue weighted by Crippen LogP contribution is -2.52. The summed E-state index contributed by atoms with van der Waals surface area (Å²) in [5, 5.41) is 0. The SMILES string of the molecule is COCCCN1CCN(c2ccc(C=O)cc2)CC1C. The zero-order valence-electron chi connectivity index (χ0n) is 12.4. The first-order valence-electron chi connectivity index (χ1n) is 7.27. The first kappa shape index (κ1) is 15.0. The van der Waals surface area contributed by atoms with E-state index in [1.807, 2.05) is 24.3 Å². The number of aldehydes is 1. The number of benzene rings is 1. The highest BCUT2D eigenvalue weighted by Crippen LogP contribution is 2.19. The summed E-state index contributed by atoms with van der Waals surface area (Å²) in [5.74, 6) is 0. The highest BCUT2D eigenvalue weighted by Gasteiger charge is 2.23. The largest absolute Gasteiger partial charge is 0.385 e. The molecule has 0 aromatic heterocycles. The molecule has 1 fully saturated rings. The molecule has 1 atom stereocenters. The molecule has 0 aliphatic carbocycles. The monoisotopic (exact) mass is 276 g/mol. The minimum Gasteiger partial charge on any atom is -0.385 e. The normalized spacial score (nSPS) is 20.1. The minimum absolute atomic E-state index is 0.548. The second-order valence-corrected chi connectivity index (χ2v) is 5.39. The Hall–Kier alpha value is -1.39. The van der Waals surface area contributed by atoms with E-state index >= 15 is 0 Å². The molecule has 20 heavy (non-hydrogen) atoms. The van der Waals surface area contributed by atoms with Gasteiger partial charge in [-0.3, -0.25) is 9.69 Å². The summed E-state index contributed by atoms with van der Waals surface area (Å²) in [5.41, 5.74) is 1.94. The highest BCUT2D eigenvalue weighted by molar-refractivity contribution is 5.75. The van der Waals surface area contributed by atoms with Crippen LogP contribution in [-0.2, 0) is 4.74 Å². The molecule has 2 rings (SSSR count). The lowest BCUT2D eigenvalue weighted by atomic mass is 10.1. The Balaban J connectivity index is 1.89. The van der Waals surface area contributed by atoms with Gasteiger partial charge in [-0.25, -0.2) is 0 Å². The van der Waals surface area contributed by atoms with Gasteiger partial charge in [0, 0.05) is 57.2 Å². The van der Waals surface area contributed by atoms with Gasteiger partial charge in [0.15, 0.2) is 0 Å². The van der Waals surface area contributed by atoms with Crippen molar-refractivity contribution in [2.75, 3.05) is 44.8 Å². The molecule has 4 heteroatoms. The molecule has 0 N–H and O–H groups in total. The molecule has 1 aliphatic heterocycles. The molecule has 0 spiro atoms. The van der Waals surface area contributed by atoms with Gasteiger partial charge in [-0.05, 0) is 37.6 Å². The van der Waals surface area contributed by atoms with Crippen LogP contribution in [0.25, 0.3) is 0 Å². The molecule has 1 unspecified atom stereocenters. The predicted octanol–water partition coefficient (Wildman–Crippen LogP) is 2.05. The molecule has 110 valence electrons. The average molecular weight is 276 g/mol. The minimum atomic E-state index is 0.548. The number of rotatable bonds is 6. The van der Waals surface area contributed by atoms with E-state index in [1.165, 1.54) is 5.69 Å². The molecule has 0 amide bonds. The summed E-state index contributed by atoms with van der Waals surface area (Å²) in [7, 11) is 1.75. The Bertz CT molecular complexity index is 419. The number of hydrogen-bond donors (Lipinski definition) is 0. The van der Waals surface area contributed by atoms with Crippen molar-refractivity contribution < 1.29 is 9.53 Å². The zero-order valence-corrected chi connectivity index (χ0v) is 12.4. The van der Waals surface area contributed by atoms with Crippen molar-refractivity contribution in [1.29, 1.82) is 0 Å². The summed E-state index contributed by atoms with van der Waals surface area (Å²) in [6, 6.07) is 8.40. The van der Waals surface area contributed by atoms with Crippen molar-refractivity contribution in [2.24, 2.45) is 0 Å². The number of carbonyl (C=O) groups is 1. The molecule has 0 bridgehead atoms. The van der Waals surface area contributed by atoms with E-state index in [4.69, 9.17) is 4.74 Å². The van der Waals surface area contributed by atoms with Crippen LogP contribution in [-0.4, -0.2) is 57.1 Å². The molecule has 1 aromatic rings. The summed E-state index contributed by atoms with van der Waals surface area (Å²) < 4.78 is 5.11. The Morgan fingerprint density at radius 1 is 1.30 bits per heavy atom. The maximum absolute atomic E-state index is 10.7. The van der Waals surface area contributed by atoms with Crippen LogP contribution in [0.4, 0.5) is 5.69 Å². The van der Waals surface area contributed by atoms with E-state index in [9.17, 15) is 4.79 Å². The maximum Gasteiger partial charge on any atom is 0.150 e. The Morgan fingerprint density at radius 3 is 2.65 bits per heavy atom. The summed E-state index contributed by atoms with van der Waals surface area (Å²) in [6.07, 6.45) is 1.98. The molecular formula is C16H24N2O2. The quantitative estimate of drug-likeness (QED) is 0.588. The smallest absolute Gasteiger partial charge is 0.150 e. The van der Waals surface area contributed by atoms with Gasteiger partial charge in [-0.1, -0.05) is 0 Å². The van der Waals surface area contributed by atoms with Crippen LogP contribution in [0.15, 0.2) is 24.3 Å². The van der Waals surface area contributed by atoms with Gasteiger partial charge in [-0.15, -0.1) is 0 Å². The number of piperazine rings is 1. The number of methoxy groups -OCH3 is 1. The van der Waals surface area contributed by atoms with E-state index in [0.717, 1.165) is 51.1 Å². The topological polar surface area (TPSA) is 32.8 Å². The molecule has 0 saturated carbocycles. The molecule has 1 heterocycles. The number of anilines is 1. The van der Waals surface area contributed by atoms with Crippen molar-refractivity contribution in [3.63, 3.8) is 0 Å². The second kappa shape index (κ2) is 7.41. The van der Waals surface area contributed by atoms with Crippen LogP contribution in [0.1, 0.15) is 23.7 Å². The summed E-state index contributed by atoms with van der Waals surface area (Å²) in [4.78, 5) is 15.6. The van der Waals surface area contributed by atoms with Crippen LogP contribution < -0.4 is 4.90 Å². The van der Waals surface area contributed by atoms with E-state index in [1.54, 1.807) is 7.11 Å². The van der Waals surface area contributed by atoms with Crippen LogP contribution in [0.5, 0.6) is 0 Å². The molecular weight excluding hydrogens is 252 g/mol. The Kier molecular flexibility index (Phi) is 5.56. The first-order chi connectivity index (χ1) is 9.74. The third-order valence-corrected chi connectivity index (χ3v) is 3.95. The third kappa shape index (κ3) is 3.81. The van der Waals surface area contributed by atoms with E-state index < -0.39 is 0 Å². The lowest BCUT2D eigenvalue weighted by Gasteiger charge is -2.41. The fourth-order valence-electron chi connectivity index (χ4n) is 2.74. The van der Waals surface area contributed by atoms with Crippen molar-refractivity contribution in [3.8, 4) is 0 Å². The zero-order chi connectivity index (χ0) is 14.4. The lowest BCUT2D eigenvalue weighted by molar-refractivity contribution is 0.112. The van der Waals surface area contributed by atoms with E-state index in [-0.39, 0.29) is 0 Å². The predicted molar refractivity (Wildman–Crippen MR) is 81.6 cm³/mol. The first-order valence-corrected chi connectivity index (χ1v) is 7.27. The third-order valence-electron chi connectivity index (χ3n) is 3.95. The number of nitrogens with zero attached hydrogens (tertiary/aromatic N) is 2. The van der Waals surface area contributed by atoms with Crippen LogP contribution in [0.3, 0.4) is 0 Å². The Morgan fingerprint density at radius 2 is 2.05 bits per heavy atom. The standard InChI is InChI=1S/C16H24N2O2/c1-14-12-18(10-9-17(14)8-3-11-20-2)16-6-4-15(13-19)5-7-16/h4-7,13-14H,3,8-12H2,1-2H3. The van der Waals surface area contributed by atoms with Gasteiger partial charge >= 0.3 is 0 Å². The van der Waals surface area contributed by atoms with E-state index in [2.05, 4.69) is 16.7 Å². The molecule has 1 saturated heterocycles. The van der Waals surface area contributed by atoms with Crippen LogP contribution in [0.2, 0.25) is 0 Å². The van der Waals surface area contributed by atoms with Crippen LogP contribution >= 0.6 is 0 Å². The highest BCUT2D eigenvalue weighted by atomic mass is 16.5. The fraction of sp³-hybridized carbons (Fsp3) is 0.562. The molecule has 0 radical (unpaired) electrons. The van der Waals surface area contributed by atoms with Crippen LogP contribution in [0, 0.1) is 0 Å². The summed E-state index contributed by atoms with van der Waals surface area (Å²) >= 11 is 0. The molecule has 4 nitrogen and oxygen atoms in total. The van der Waals surface area contributed by atoms with Gasteiger partial charge < -0.3 is 9.64 Å². The van der Waals surface area contributed by atoms with Crippen molar-refractivity contribution in [2.45, 2.75) is 19.4 Å². The summed E-state index contributed by atoms with van der Waals surface area (Å²) in [6.45, 7) is 7.37. The van der Waals surface area contributed by atoms with Crippen molar-refractivity contribution in [3.05, 3.63) is 29.8 Å². The second-order valence-electron chi connectivity index (χ2n) is 5.39. The van der Waals surface area contributed by atoms with Gasteiger partial charge in [0.2, 0.25) is 0 Å². The van der Waals surface area contributed by atoms with Gasteiger partial charge in [0.1, 0.15) is 6.29 Å². The van der Waals surface area contributed by atoms with Gasteiger partial charge in [-0.2, -0.15) is 0 Å².